The molecule has 1 amide bonds. The number of benzene rings is 1. The summed E-state index contributed by atoms with van der Waals surface area (Å²) in [6.45, 7) is 3.26. The second-order valence-electron chi connectivity index (χ2n) is 8.37. The number of likely N-dealkylation sites (tertiary alicyclic amines) is 1. The van der Waals surface area contributed by atoms with E-state index < -0.39 is 0 Å². The number of nitrogens with one attached hydrogen (secondary N) is 1. The minimum atomic E-state index is -0.148. The van der Waals surface area contributed by atoms with Crippen molar-refractivity contribution in [1.29, 1.82) is 0 Å². The second kappa shape index (κ2) is 8.85. The maximum atomic E-state index is 13.7. The number of nitrogens with zero attached hydrogens (tertiary/aromatic N) is 6. The Morgan fingerprint density at radius 3 is 2.79 bits per heavy atom. The molecule has 5 rings (SSSR count). The molecule has 1 fully saturated rings. The molecular weight excluding hydrogens is 418 g/mol. The van der Waals surface area contributed by atoms with E-state index in [0.29, 0.717) is 24.3 Å². The van der Waals surface area contributed by atoms with Gasteiger partial charge in [-0.3, -0.25) is 14.3 Å². The van der Waals surface area contributed by atoms with E-state index in [-0.39, 0.29) is 17.5 Å². The zero-order valence-electron chi connectivity index (χ0n) is 18.4. The van der Waals surface area contributed by atoms with E-state index in [2.05, 4.69) is 20.3 Å². The normalized spacial score (nSPS) is 16.2. The lowest BCUT2D eigenvalue weighted by Gasteiger charge is -2.36. The molecule has 1 N–H and O–H groups in total. The Bertz CT molecular complexity index is 1320. The predicted molar refractivity (Wildman–Crippen MR) is 123 cm³/mol. The lowest BCUT2D eigenvalue weighted by molar-refractivity contribution is 0.0583. The molecule has 0 bridgehead atoms. The fraction of sp³-hybridized carbons (Fsp3) is 0.292. The van der Waals surface area contributed by atoms with Crippen molar-refractivity contribution in [2.45, 2.75) is 38.8 Å². The van der Waals surface area contributed by atoms with Gasteiger partial charge in [0.1, 0.15) is 0 Å². The first-order chi connectivity index (χ1) is 16.1. The molecule has 0 aliphatic carbocycles. The molecule has 0 unspecified atom stereocenters. The number of aromatic nitrogens is 6. The molecule has 0 saturated carbocycles. The Morgan fingerprint density at radius 1 is 1.12 bits per heavy atom. The molecule has 1 aliphatic heterocycles. The van der Waals surface area contributed by atoms with Gasteiger partial charge in [0, 0.05) is 24.4 Å². The number of H-pyrrole nitrogens is 1. The number of carbonyl (C=O) groups excluding carboxylic acids is 1. The number of hydrogen-bond acceptors (Lipinski definition) is 5. The summed E-state index contributed by atoms with van der Waals surface area (Å²) in [5.41, 5.74) is 3.70. The molecule has 3 aromatic heterocycles. The number of carbonyl (C=O) groups is 1. The lowest BCUT2D eigenvalue weighted by Crippen LogP contribution is -2.46. The summed E-state index contributed by atoms with van der Waals surface area (Å²) < 4.78 is 1.85. The van der Waals surface area contributed by atoms with Gasteiger partial charge in [-0.05, 0) is 44.4 Å². The number of rotatable bonds is 5. The molecule has 168 valence electrons. The minimum Gasteiger partial charge on any atom is -0.334 e. The topological polar surface area (TPSA) is 102 Å². The van der Waals surface area contributed by atoms with Crippen LogP contribution in [-0.2, 0) is 6.54 Å². The van der Waals surface area contributed by atoms with Crippen LogP contribution in [0.2, 0.25) is 0 Å². The largest absolute Gasteiger partial charge is 0.334 e. The Kier molecular flexibility index (Phi) is 5.60. The van der Waals surface area contributed by atoms with Gasteiger partial charge in [-0.2, -0.15) is 20.1 Å². The van der Waals surface area contributed by atoms with Crippen LogP contribution in [0.4, 0.5) is 0 Å². The summed E-state index contributed by atoms with van der Waals surface area (Å²) in [6, 6.07) is 10.8. The lowest BCUT2D eigenvalue weighted by atomic mass is 9.99. The van der Waals surface area contributed by atoms with Gasteiger partial charge >= 0.3 is 0 Å². The highest BCUT2D eigenvalue weighted by molar-refractivity contribution is 5.98. The highest BCUT2D eigenvalue weighted by Gasteiger charge is 2.30. The summed E-state index contributed by atoms with van der Waals surface area (Å²) in [7, 11) is 0. The van der Waals surface area contributed by atoms with E-state index in [9.17, 15) is 9.59 Å². The Morgan fingerprint density at radius 2 is 1.97 bits per heavy atom. The van der Waals surface area contributed by atoms with Crippen LogP contribution >= 0.6 is 0 Å². The molecule has 4 heterocycles. The average molecular weight is 444 g/mol. The van der Waals surface area contributed by atoms with Gasteiger partial charge in [-0.15, -0.1) is 0 Å². The van der Waals surface area contributed by atoms with Gasteiger partial charge in [0.25, 0.3) is 5.91 Å². The van der Waals surface area contributed by atoms with Crippen LogP contribution in [-0.4, -0.2) is 53.2 Å². The van der Waals surface area contributed by atoms with Gasteiger partial charge in [-0.1, -0.05) is 17.7 Å². The van der Waals surface area contributed by atoms with Gasteiger partial charge in [0.2, 0.25) is 5.56 Å². The molecule has 0 spiro atoms. The third-order valence-electron chi connectivity index (χ3n) is 6.02. The number of pyridine rings is 1. The average Bonchev–Trinajstić information content (AvgIpc) is 3.52. The smallest absolute Gasteiger partial charge is 0.256 e. The highest BCUT2D eigenvalue weighted by Crippen LogP contribution is 2.25. The van der Waals surface area contributed by atoms with Crippen molar-refractivity contribution < 1.29 is 4.79 Å². The van der Waals surface area contributed by atoms with Crippen LogP contribution < -0.4 is 5.56 Å². The van der Waals surface area contributed by atoms with E-state index in [4.69, 9.17) is 0 Å². The van der Waals surface area contributed by atoms with Gasteiger partial charge in [0.15, 0.2) is 0 Å². The Labute approximate surface area is 190 Å². The van der Waals surface area contributed by atoms with E-state index in [1.165, 1.54) is 10.9 Å². The van der Waals surface area contributed by atoms with Crippen molar-refractivity contribution in [1.82, 2.24) is 34.7 Å². The molecule has 1 atom stereocenters. The van der Waals surface area contributed by atoms with Crippen molar-refractivity contribution >= 4 is 5.91 Å². The van der Waals surface area contributed by atoms with Crippen molar-refractivity contribution in [2.24, 2.45) is 0 Å². The SMILES string of the molecule is Cc1ccc(-n2nccn2)c(C(=O)N2CCCC[C@H]2Cn2cc(-c3cccc(=O)[nH]3)cn2)c1. The number of piperidine rings is 1. The molecule has 1 saturated heterocycles. The molecule has 33 heavy (non-hydrogen) atoms. The van der Waals surface area contributed by atoms with Crippen LogP contribution in [0.25, 0.3) is 16.9 Å². The first kappa shape index (κ1) is 20.9. The van der Waals surface area contributed by atoms with E-state index in [0.717, 1.165) is 36.1 Å². The zero-order valence-corrected chi connectivity index (χ0v) is 18.4. The molecular formula is C24H25N7O2. The quantitative estimate of drug-likeness (QED) is 0.511. The summed E-state index contributed by atoms with van der Waals surface area (Å²) in [4.78, 5) is 31.6. The van der Waals surface area contributed by atoms with Crippen LogP contribution in [0, 0.1) is 6.92 Å². The molecule has 1 aromatic carbocycles. The van der Waals surface area contributed by atoms with Gasteiger partial charge in [0.05, 0.1) is 48.1 Å². The van der Waals surface area contributed by atoms with Crippen LogP contribution in [0.1, 0.15) is 35.2 Å². The van der Waals surface area contributed by atoms with Crippen LogP contribution in [0.3, 0.4) is 0 Å². The van der Waals surface area contributed by atoms with Crippen molar-refractivity contribution in [3.05, 3.63) is 82.7 Å². The van der Waals surface area contributed by atoms with Gasteiger partial charge < -0.3 is 9.88 Å². The summed E-state index contributed by atoms with van der Waals surface area (Å²) >= 11 is 0. The summed E-state index contributed by atoms with van der Waals surface area (Å²) in [6.07, 6.45) is 9.80. The molecule has 9 nitrogen and oxygen atoms in total. The van der Waals surface area contributed by atoms with Crippen molar-refractivity contribution in [3.63, 3.8) is 0 Å². The predicted octanol–water partition coefficient (Wildman–Crippen LogP) is 2.82. The number of aromatic amines is 1. The summed E-state index contributed by atoms with van der Waals surface area (Å²) in [5, 5.41) is 12.9. The number of amides is 1. The third-order valence-corrected chi connectivity index (χ3v) is 6.02. The van der Waals surface area contributed by atoms with E-state index in [1.807, 2.05) is 47.0 Å². The van der Waals surface area contributed by atoms with E-state index >= 15 is 0 Å². The maximum Gasteiger partial charge on any atom is 0.256 e. The monoisotopic (exact) mass is 443 g/mol. The first-order valence-corrected chi connectivity index (χ1v) is 11.1. The fourth-order valence-electron chi connectivity index (χ4n) is 4.38. The van der Waals surface area contributed by atoms with E-state index in [1.54, 1.807) is 24.7 Å². The maximum absolute atomic E-state index is 13.7. The Hall–Kier alpha value is -4.01. The molecule has 9 heteroatoms. The van der Waals surface area contributed by atoms with Crippen molar-refractivity contribution in [3.8, 4) is 16.9 Å². The highest BCUT2D eigenvalue weighted by atomic mass is 16.2. The third kappa shape index (κ3) is 4.34. The first-order valence-electron chi connectivity index (χ1n) is 11.1. The van der Waals surface area contributed by atoms with Crippen LogP contribution in [0.5, 0.6) is 0 Å². The zero-order chi connectivity index (χ0) is 22.8. The minimum absolute atomic E-state index is 0.0181. The Balaban J connectivity index is 1.41. The summed E-state index contributed by atoms with van der Waals surface area (Å²) in [5.74, 6) is -0.0181. The standard InChI is InChI=1S/C24H25N7O2/c1-17-8-9-22(31-25-10-11-26-31)20(13-17)24(33)30-12-3-2-5-19(30)16-29-15-18(14-27-29)21-6-4-7-23(32)28-21/h4,6-11,13-15,19H,2-3,5,12,16H2,1H3,(H,28,32)/t19-/m0/s1. The molecule has 4 aromatic rings. The fourth-order valence-corrected chi connectivity index (χ4v) is 4.38. The van der Waals surface area contributed by atoms with Crippen molar-refractivity contribution in [2.75, 3.05) is 6.54 Å². The van der Waals surface area contributed by atoms with Gasteiger partial charge in [-0.25, -0.2) is 0 Å². The van der Waals surface area contributed by atoms with Crippen LogP contribution in [0.15, 0.2) is 66.0 Å². The second-order valence-corrected chi connectivity index (χ2v) is 8.37. The molecule has 1 aliphatic rings. The molecule has 0 radical (unpaired) electrons. The number of hydrogen-bond donors (Lipinski definition) is 1. The number of aryl methyl sites for hydroxylation is 1.